The molecule has 6 nitrogen and oxygen atoms in total. The van der Waals surface area contributed by atoms with Gasteiger partial charge in [0.05, 0.1) is 5.75 Å². The Morgan fingerprint density at radius 2 is 1.83 bits per heavy atom. The highest BCUT2D eigenvalue weighted by Crippen LogP contribution is 2.27. The van der Waals surface area contributed by atoms with Crippen molar-refractivity contribution >= 4 is 39.3 Å². The Kier molecular flexibility index (Phi) is 7.08. The summed E-state index contributed by atoms with van der Waals surface area (Å²) in [5.41, 5.74) is 3.88. The van der Waals surface area contributed by atoms with Crippen LogP contribution in [0.3, 0.4) is 0 Å². The molecule has 2 aromatic heterocycles. The van der Waals surface area contributed by atoms with E-state index in [9.17, 15) is 4.79 Å². The molecule has 1 amide bonds. The van der Waals surface area contributed by atoms with Crippen molar-refractivity contribution < 1.29 is 4.79 Å². The molecule has 8 heteroatoms. The van der Waals surface area contributed by atoms with Gasteiger partial charge >= 0.3 is 0 Å². The smallest absolute Gasteiger partial charge is 0.234 e. The molecule has 0 unspecified atom stereocenters. The number of amides is 1. The van der Waals surface area contributed by atoms with Crippen LogP contribution in [-0.2, 0) is 11.3 Å². The molecular weight excluding hydrogens is 450 g/mol. The number of thioether (sulfide) groups is 1. The molecule has 3 aromatic rings. The Morgan fingerprint density at radius 1 is 1.17 bits per heavy atom. The summed E-state index contributed by atoms with van der Waals surface area (Å²) in [6, 6.07) is 7.83. The van der Waals surface area contributed by atoms with Crippen molar-refractivity contribution in [2.24, 2.45) is 5.92 Å². The molecule has 2 heterocycles. The van der Waals surface area contributed by atoms with Crippen molar-refractivity contribution in [3.05, 3.63) is 52.3 Å². The van der Waals surface area contributed by atoms with E-state index in [1.54, 1.807) is 12.4 Å². The number of rotatable bonds is 7. The third-order valence-corrected chi connectivity index (χ3v) is 5.72. The van der Waals surface area contributed by atoms with Gasteiger partial charge in [-0.2, -0.15) is 0 Å². The van der Waals surface area contributed by atoms with E-state index in [0.717, 1.165) is 44.4 Å². The van der Waals surface area contributed by atoms with Gasteiger partial charge in [0.1, 0.15) is 0 Å². The molecule has 29 heavy (non-hydrogen) atoms. The lowest BCUT2D eigenvalue weighted by atomic mass is 10.1. The monoisotopic (exact) mass is 473 g/mol. The topological polar surface area (TPSA) is 72.7 Å². The lowest BCUT2D eigenvalue weighted by Crippen LogP contribution is -2.16. The van der Waals surface area contributed by atoms with Crippen molar-refractivity contribution in [1.29, 1.82) is 0 Å². The van der Waals surface area contributed by atoms with Gasteiger partial charge in [0.15, 0.2) is 11.0 Å². The fraction of sp³-hybridized carbons (Fsp3) is 0.333. The number of carbonyl (C=O) groups is 1. The third-order valence-electron chi connectivity index (χ3n) is 4.30. The van der Waals surface area contributed by atoms with Gasteiger partial charge in [0.25, 0.3) is 0 Å². The Balaban J connectivity index is 1.75. The largest absolute Gasteiger partial charge is 0.325 e. The first-order valence-corrected chi connectivity index (χ1v) is 11.2. The molecule has 152 valence electrons. The number of hydrogen-bond acceptors (Lipinski definition) is 5. The maximum Gasteiger partial charge on any atom is 0.234 e. The average molecular weight is 474 g/mol. The first kappa shape index (κ1) is 21.5. The van der Waals surface area contributed by atoms with Crippen molar-refractivity contribution in [2.75, 3.05) is 11.1 Å². The number of aromatic nitrogens is 4. The molecule has 0 spiro atoms. The molecule has 0 aliphatic carbocycles. The van der Waals surface area contributed by atoms with Crippen molar-refractivity contribution in [2.45, 2.75) is 39.4 Å². The standard InChI is InChI=1S/C21H24BrN5OS/c1-13(2)11-27-20(16-5-7-23-8-6-16)25-26-21(27)29-12-18(28)24-19-14(3)9-17(22)10-15(19)4/h5-10,13H,11-12H2,1-4H3,(H,24,28). The molecule has 0 aliphatic rings. The van der Waals surface area contributed by atoms with Crippen molar-refractivity contribution in [1.82, 2.24) is 19.7 Å². The second-order valence-corrected chi connectivity index (χ2v) is 9.16. The first-order valence-electron chi connectivity index (χ1n) is 9.38. The Bertz CT molecular complexity index is 981. The van der Waals surface area contributed by atoms with E-state index in [-0.39, 0.29) is 11.7 Å². The minimum Gasteiger partial charge on any atom is -0.325 e. The van der Waals surface area contributed by atoms with Crippen LogP contribution in [0.15, 0.2) is 46.3 Å². The zero-order chi connectivity index (χ0) is 21.0. The maximum atomic E-state index is 12.6. The first-order chi connectivity index (χ1) is 13.8. The van der Waals surface area contributed by atoms with Crippen LogP contribution in [-0.4, -0.2) is 31.4 Å². The lowest BCUT2D eigenvalue weighted by molar-refractivity contribution is -0.113. The zero-order valence-electron chi connectivity index (χ0n) is 16.9. The van der Waals surface area contributed by atoms with E-state index in [2.05, 4.69) is 54.8 Å². The molecular formula is C21H24BrN5OS. The second kappa shape index (κ2) is 9.54. The van der Waals surface area contributed by atoms with Gasteiger partial charge in [-0.3, -0.25) is 9.78 Å². The molecule has 0 fully saturated rings. The summed E-state index contributed by atoms with van der Waals surface area (Å²) < 4.78 is 3.08. The molecule has 0 atom stereocenters. The minimum absolute atomic E-state index is 0.0620. The predicted molar refractivity (Wildman–Crippen MR) is 121 cm³/mol. The highest BCUT2D eigenvalue weighted by molar-refractivity contribution is 9.10. The second-order valence-electron chi connectivity index (χ2n) is 7.30. The van der Waals surface area contributed by atoms with Gasteiger partial charge in [-0.05, 0) is 55.2 Å². The minimum atomic E-state index is -0.0620. The third kappa shape index (κ3) is 5.45. The summed E-state index contributed by atoms with van der Waals surface area (Å²) in [7, 11) is 0. The summed E-state index contributed by atoms with van der Waals surface area (Å²) >= 11 is 4.88. The van der Waals surface area contributed by atoms with Crippen molar-refractivity contribution in [3.8, 4) is 11.4 Å². The molecule has 0 radical (unpaired) electrons. The predicted octanol–water partition coefficient (Wildman–Crippen LogP) is 5.11. The number of anilines is 1. The quantitative estimate of drug-likeness (QED) is 0.482. The molecule has 1 aromatic carbocycles. The van der Waals surface area contributed by atoms with Crippen LogP contribution < -0.4 is 5.32 Å². The summed E-state index contributed by atoms with van der Waals surface area (Å²) in [5, 5.41) is 12.5. The summed E-state index contributed by atoms with van der Waals surface area (Å²) in [6.07, 6.45) is 3.49. The number of benzene rings is 1. The highest BCUT2D eigenvalue weighted by atomic mass is 79.9. The summed E-state index contributed by atoms with van der Waals surface area (Å²) in [4.78, 5) is 16.6. The SMILES string of the molecule is Cc1cc(Br)cc(C)c1NC(=O)CSc1nnc(-c2ccncc2)n1CC(C)C. The van der Waals surface area contributed by atoms with Crippen LogP contribution >= 0.6 is 27.7 Å². The van der Waals surface area contributed by atoms with E-state index in [0.29, 0.717) is 5.92 Å². The van der Waals surface area contributed by atoms with E-state index >= 15 is 0 Å². The summed E-state index contributed by atoms with van der Waals surface area (Å²) in [6.45, 7) is 9.05. The van der Waals surface area contributed by atoms with Crippen LogP contribution in [0.2, 0.25) is 0 Å². The van der Waals surface area contributed by atoms with E-state index in [1.165, 1.54) is 11.8 Å². The Hall–Kier alpha value is -2.19. The van der Waals surface area contributed by atoms with E-state index in [4.69, 9.17) is 0 Å². The van der Waals surface area contributed by atoms with Gasteiger partial charge in [0.2, 0.25) is 5.91 Å². The van der Waals surface area contributed by atoms with Gasteiger partial charge in [-0.1, -0.05) is 41.5 Å². The fourth-order valence-corrected chi connectivity index (χ4v) is 4.49. The van der Waals surface area contributed by atoms with E-state index < -0.39 is 0 Å². The van der Waals surface area contributed by atoms with Crippen molar-refractivity contribution in [3.63, 3.8) is 0 Å². The van der Waals surface area contributed by atoms with E-state index in [1.807, 2.05) is 38.1 Å². The average Bonchev–Trinajstić information content (AvgIpc) is 3.05. The number of nitrogens with zero attached hydrogens (tertiary/aromatic N) is 4. The number of nitrogens with one attached hydrogen (secondary N) is 1. The fourth-order valence-electron chi connectivity index (χ4n) is 3.05. The summed E-state index contributed by atoms with van der Waals surface area (Å²) in [5.74, 6) is 1.42. The van der Waals surface area contributed by atoms with Crippen LogP contribution in [0.1, 0.15) is 25.0 Å². The molecule has 1 N–H and O–H groups in total. The number of aryl methyl sites for hydroxylation is 2. The van der Waals surface area contributed by atoms with Gasteiger partial charge in [0, 0.05) is 34.7 Å². The Morgan fingerprint density at radius 3 is 2.45 bits per heavy atom. The van der Waals surface area contributed by atoms with Crippen LogP contribution in [0, 0.1) is 19.8 Å². The molecule has 0 bridgehead atoms. The molecule has 0 saturated carbocycles. The highest BCUT2D eigenvalue weighted by Gasteiger charge is 2.17. The Labute approximate surface area is 183 Å². The van der Waals surface area contributed by atoms with Gasteiger partial charge < -0.3 is 9.88 Å². The number of halogens is 1. The van der Waals surface area contributed by atoms with Crippen LogP contribution in [0.5, 0.6) is 0 Å². The number of carbonyl (C=O) groups excluding carboxylic acids is 1. The maximum absolute atomic E-state index is 12.6. The molecule has 0 saturated heterocycles. The molecule has 3 rings (SSSR count). The number of pyridine rings is 1. The normalized spacial score (nSPS) is 11.1. The van der Waals surface area contributed by atoms with Crippen LogP contribution in [0.4, 0.5) is 5.69 Å². The van der Waals surface area contributed by atoms with Crippen LogP contribution in [0.25, 0.3) is 11.4 Å². The van der Waals surface area contributed by atoms with Gasteiger partial charge in [-0.15, -0.1) is 10.2 Å². The lowest BCUT2D eigenvalue weighted by Gasteiger charge is -2.14. The van der Waals surface area contributed by atoms with Gasteiger partial charge in [-0.25, -0.2) is 0 Å². The zero-order valence-corrected chi connectivity index (χ0v) is 19.3. The number of hydrogen-bond donors (Lipinski definition) is 1. The molecule has 0 aliphatic heterocycles.